The summed E-state index contributed by atoms with van der Waals surface area (Å²) in [5.41, 5.74) is 3.30. The van der Waals surface area contributed by atoms with Crippen LogP contribution in [0.15, 0.2) is 42.5 Å². The second-order valence-corrected chi connectivity index (χ2v) is 7.83. The van der Waals surface area contributed by atoms with E-state index in [-0.39, 0.29) is 5.91 Å². The van der Waals surface area contributed by atoms with Crippen LogP contribution >= 0.6 is 11.3 Å². The molecule has 2 aromatic carbocycles. The summed E-state index contributed by atoms with van der Waals surface area (Å²) in [4.78, 5) is 22.1. The van der Waals surface area contributed by atoms with E-state index in [0.29, 0.717) is 17.7 Å². The average Bonchev–Trinajstić information content (AvgIpc) is 3.19. The van der Waals surface area contributed by atoms with Crippen LogP contribution in [0.4, 0.5) is 5.13 Å². The van der Waals surface area contributed by atoms with Gasteiger partial charge >= 0.3 is 0 Å². The van der Waals surface area contributed by atoms with E-state index in [4.69, 9.17) is 10.2 Å². The molecule has 1 amide bonds. The Morgan fingerprint density at radius 2 is 1.79 bits per heavy atom. The third-order valence-corrected chi connectivity index (χ3v) is 6.16. The van der Waals surface area contributed by atoms with Crippen molar-refractivity contribution in [2.75, 3.05) is 31.1 Å². The number of fused-ring (bicyclic) bond motifs is 1. The zero-order chi connectivity index (χ0) is 20.8. The summed E-state index contributed by atoms with van der Waals surface area (Å²) in [6, 6.07) is 15.2. The van der Waals surface area contributed by atoms with Crippen molar-refractivity contribution in [1.82, 2.24) is 9.88 Å². The van der Waals surface area contributed by atoms with E-state index in [0.717, 1.165) is 41.4 Å². The van der Waals surface area contributed by atoms with E-state index in [1.165, 1.54) is 5.56 Å². The summed E-state index contributed by atoms with van der Waals surface area (Å²) < 4.78 is 1.10. The van der Waals surface area contributed by atoms with E-state index in [9.17, 15) is 4.79 Å². The third kappa shape index (κ3) is 4.81. The van der Waals surface area contributed by atoms with Crippen LogP contribution in [0.1, 0.15) is 42.3 Å². The molecule has 0 aliphatic rings. The van der Waals surface area contributed by atoms with Crippen LogP contribution in [0.2, 0.25) is 0 Å². The molecule has 0 aliphatic heterocycles. The summed E-state index contributed by atoms with van der Waals surface area (Å²) in [5, 5.41) is 9.74. The molecule has 3 rings (SSSR count). The zero-order valence-electron chi connectivity index (χ0n) is 17.2. The van der Waals surface area contributed by atoms with Crippen LogP contribution in [0.3, 0.4) is 0 Å². The van der Waals surface area contributed by atoms with Crippen molar-refractivity contribution in [3.8, 4) is 6.07 Å². The third-order valence-electron chi connectivity index (χ3n) is 5.12. The first-order valence-corrected chi connectivity index (χ1v) is 10.8. The van der Waals surface area contributed by atoms with Gasteiger partial charge in [0.15, 0.2) is 5.13 Å². The minimum absolute atomic E-state index is 0.0867. The molecule has 0 saturated heterocycles. The van der Waals surface area contributed by atoms with Crippen molar-refractivity contribution in [1.29, 1.82) is 5.26 Å². The van der Waals surface area contributed by atoms with Crippen LogP contribution in [0.5, 0.6) is 0 Å². The van der Waals surface area contributed by atoms with Gasteiger partial charge in [-0.15, -0.1) is 0 Å². The molecule has 0 N–H and O–H groups in total. The number of likely N-dealkylation sites (N-methyl/N-ethyl adjacent to an activating group) is 1. The van der Waals surface area contributed by atoms with Crippen LogP contribution in [0, 0.1) is 11.3 Å². The number of nitrogens with zero attached hydrogens (tertiary/aromatic N) is 4. The molecule has 0 aliphatic carbocycles. The molecule has 0 radical (unpaired) electrons. The molecule has 0 bridgehead atoms. The van der Waals surface area contributed by atoms with Gasteiger partial charge in [-0.2, -0.15) is 5.26 Å². The molecule has 6 heteroatoms. The van der Waals surface area contributed by atoms with Crippen LogP contribution in [-0.4, -0.2) is 42.0 Å². The van der Waals surface area contributed by atoms with Gasteiger partial charge in [-0.25, -0.2) is 4.98 Å². The van der Waals surface area contributed by atoms with Gasteiger partial charge in [-0.3, -0.25) is 9.69 Å². The quantitative estimate of drug-likeness (QED) is 0.543. The zero-order valence-corrected chi connectivity index (χ0v) is 18.0. The molecule has 0 saturated carbocycles. The summed E-state index contributed by atoms with van der Waals surface area (Å²) in [5.74, 6) is -0.0867. The SMILES string of the molecule is CCc1ccc2nc(N(CCN(CC)CC)C(=O)c3ccc(C#N)cc3)sc2c1. The van der Waals surface area contributed by atoms with Gasteiger partial charge in [0.05, 0.1) is 21.8 Å². The Balaban J connectivity index is 1.95. The van der Waals surface area contributed by atoms with Gasteiger partial charge in [0, 0.05) is 18.7 Å². The number of rotatable bonds is 8. The van der Waals surface area contributed by atoms with Gasteiger partial charge in [-0.05, 0) is 61.5 Å². The maximum Gasteiger partial charge on any atom is 0.260 e. The topological polar surface area (TPSA) is 60.2 Å². The van der Waals surface area contributed by atoms with Gasteiger partial charge < -0.3 is 4.90 Å². The van der Waals surface area contributed by atoms with Crippen molar-refractivity contribution < 1.29 is 4.79 Å². The lowest BCUT2D eigenvalue weighted by atomic mass is 10.1. The minimum atomic E-state index is -0.0867. The summed E-state index contributed by atoms with van der Waals surface area (Å²) in [6.45, 7) is 9.62. The van der Waals surface area contributed by atoms with Gasteiger partial charge in [0.2, 0.25) is 0 Å². The first-order valence-electron chi connectivity index (χ1n) is 10.0. The Bertz CT molecular complexity index is 1020. The number of thiazole rings is 1. The Hall–Kier alpha value is -2.75. The molecule has 150 valence electrons. The molecule has 0 spiro atoms. The number of nitriles is 1. The van der Waals surface area contributed by atoms with E-state index < -0.39 is 0 Å². The largest absolute Gasteiger partial charge is 0.302 e. The maximum atomic E-state index is 13.3. The number of aryl methyl sites for hydroxylation is 1. The predicted octanol–water partition coefficient (Wildman–Crippen LogP) is 4.72. The fraction of sp³-hybridized carbons (Fsp3) is 0.348. The summed E-state index contributed by atoms with van der Waals surface area (Å²) in [7, 11) is 0. The van der Waals surface area contributed by atoms with Crippen molar-refractivity contribution >= 4 is 32.6 Å². The lowest BCUT2D eigenvalue weighted by Gasteiger charge is -2.24. The van der Waals surface area contributed by atoms with Crippen molar-refractivity contribution in [3.05, 3.63) is 59.2 Å². The number of carbonyl (C=O) groups is 1. The molecule has 0 unspecified atom stereocenters. The van der Waals surface area contributed by atoms with Crippen LogP contribution < -0.4 is 4.90 Å². The van der Waals surface area contributed by atoms with Gasteiger partial charge in [0.25, 0.3) is 5.91 Å². The lowest BCUT2D eigenvalue weighted by molar-refractivity contribution is 0.0984. The predicted molar refractivity (Wildman–Crippen MR) is 120 cm³/mol. The number of hydrogen-bond donors (Lipinski definition) is 0. The number of amides is 1. The van der Waals surface area contributed by atoms with Gasteiger partial charge in [0.1, 0.15) is 0 Å². The standard InChI is InChI=1S/C23H26N4OS/c1-4-17-9-12-20-21(15-17)29-23(25-20)27(14-13-26(5-2)6-3)22(28)19-10-7-18(16-24)8-11-19/h7-12,15H,4-6,13-14H2,1-3H3. The van der Waals surface area contributed by atoms with E-state index >= 15 is 0 Å². The highest BCUT2D eigenvalue weighted by Crippen LogP contribution is 2.30. The van der Waals surface area contributed by atoms with Crippen LogP contribution in [-0.2, 0) is 6.42 Å². The molecule has 29 heavy (non-hydrogen) atoms. The Labute approximate surface area is 176 Å². The van der Waals surface area contributed by atoms with E-state index in [1.54, 1.807) is 40.5 Å². The molecular formula is C23H26N4OS. The first-order chi connectivity index (χ1) is 14.1. The first kappa shape index (κ1) is 21.0. The maximum absolute atomic E-state index is 13.3. The molecule has 0 fully saturated rings. The number of carbonyl (C=O) groups excluding carboxylic acids is 1. The van der Waals surface area contributed by atoms with E-state index in [1.807, 2.05) is 6.07 Å². The highest BCUT2D eigenvalue weighted by Gasteiger charge is 2.22. The highest BCUT2D eigenvalue weighted by molar-refractivity contribution is 7.22. The summed E-state index contributed by atoms with van der Waals surface area (Å²) >= 11 is 1.56. The van der Waals surface area contributed by atoms with Crippen molar-refractivity contribution in [3.63, 3.8) is 0 Å². The fourth-order valence-electron chi connectivity index (χ4n) is 3.20. The minimum Gasteiger partial charge on any atom is -0.302 e. The van der Waals surface area contributed by atoms with Gasteiger partial charge in [-0.1, -0.05) is 38.2 Å². The van der Waals surface area contributed by atoms with E-state index in [2.05, 4.69) is 43.9 Å². The number of benzene rings is 2. The van der Waals surface area contributed by atoms with Crippen LogP contribution in [0.25, 0.3) is 10.2 Å². The molecule has 5 nitrogen and oxygen atoms in total. The molecule has 3 aromatic rings. The fourth-order valence-corrected chi connectivity index (χ4v) is 4.25. The second-order valence-electron chi connectivity index (χ2n) is 6.82. The average molecular weight is 407 g/mol. The van der Waals surface area contributed by atoms with Crippen molar-refractivity contribution in [2.24, 2.45) is 0 Å². The Kier molecular flexibility index (Phi) is 6.97. The number of aromatic nitrogens is 1. The monoisotopic (exact) mass is 406 g/mol. The second kappa shape index (κ2) is 9.64. The van der Waals surface area contributed by atoms with Crippen molar-refractivity contribution in [2.45, 2.75) is 27.2 Å². The highest BCUT2D eigenvalue weighted by atomic mass is 32.1. The molecular weight excluding hydrogens is 380 g/mol. The Morgan fingerprint density at radius 1 is 1.07 bits per heavy atom. The summed E-state index contributed by atoms with van der Waals surface area (Å²) in [6.07, 6.45) is 0.971. The number of hydrogen-bond acceptors (Lipinski definition) is 5. The number of anilines is 1. The normalized spacial score (nSPS) is 11.0. The molecule has 1 heterocycles. The Morgan fingerprint density at radius 3 is 2.41 bits per heavy atom. The molecule has 0 atom stereocenters. The lowest BCUT2D eigenvalue weighted by Crippen LogP contribution is -2.38. The molecule has 1 aromatic heterocycles. The smallest absolute Gasteiger partial charge is 0.260 e.